The Labute approximate surface area is 187 Å². The van der Waals surface area contributed by atoms with Crippen molar-refractivity contribution in [3.63, 3.8) is 0 Å². The molecule has 0 bridgehead atoms. The number of piperidine rings is 1. The molecule has 0 aliphatic carbocycles. The van der Waals surface area contributed by atoms with Gasteiger partial charge in [-0.1, -0.05) is 30.3 Å². The first kappa shape index (κ1) is 20.6. The van der Waals surface area contributed by atoms with Crippen molar-refractivity contribution in [1.82, 2.24) is 34.8 Å². The van der Waals surface area contributed by atoms with Crippen molar-refractivity contribution in [3.05, 3.63) is 60.7 Å². The van der Waals surface area contributed by atoms with Gasteiger partial charge in [0.05, 0.1) is 0 Å². The van der Waals surface area contributed by atoms with Gasteiger partial charge >= 0.3 is 0 Å². The predicted octanol–water partition coefficient (Wildman–Crippen LogP) is 1.62. The lowest BCUT2D eigenvalue weighted by Gasteiger charge is -2.38. The first-order chi connectivity index (χ1) is 15.8. The van der Waals surface area contributed by atoms with Crippen molar-refractivity contribution in [1.29, 1.82) is 0 Å². The average Bonchev–Trinajstić information content (AvgIpc) is 3.40. The first-order valence-electron chi connectivity index (χ1n) is 11.2. The molecular formula is C23H28N8O. The van der Waals surface area contributed by atoms with E-state index in [1.54, 1.807) is 11.0 Å². The zero-order valence-corrected chi connectivity index (χ0v) is 18.1. The molecule has 2 aliphatic heterocycles. The summed E-state index contributed by atoms with van der Waals surface area (Å²) < 4.78 is 1.58. The highest BCUT2D eigenvalue weighted by molar-refractivity contribution is 5.79. The summed E-state index contributed by atoms with van der Waals surface area (Å²) in [5.74, 6) is 1.91. The summed E-state index contributed by atoms with van der Waals surface area (Å²) in [6.45, 7) is 6.12. The summed E-state index contributed by atoms with van der Waals surface area (Å²) >= 11 is 0. The van der Waals surface area contributed by atoms with E-state index < -0.39 is 0 Å². The van der Waals surface area contributed by atoms with Crippen LogP contribution in [0.25, 0.3) is 5.82 Å². The number of aromatic nitrogens is 5. The molecule has 0 N–H and O–H groups in total. The Hall–Kier alpha value is -3.33. The Morgan fingerprint density at radius 1 is 0.875 bits per heavy atom. The standard InChI is InChI=1S/C23H28N8O/c32-23(30-14-12-28(13-15-30)16-19-4-2-1-3-5-19)20-8-10-29(11-9-20)21-6-7-22(27-26-21)31-18-24-17-25-31/h1-7,17-18,20H,8-16H2. The third kappa shape index (κ3) is 4.62. The Bertz CT molecular complexity index is 992. The molecule has 9 heteroatoms. The summed E-state index contributed by atoms with van der Waals surface area (Å²) in [6, 6.07) is 14.4. The maximum absolute atomic E-state index is 13.1. The molecule has 5 rings (SSSR count). The van der Waals surface area contributed by atoms with Crippen LogP contribution in [-0.2, 0) is 11.3 Å². The van der Waals surface area contributed by atoms with Crippen LogP contribution in [0.15, 0.2) is 55.1 Å². The Balaban J connectivity index is 1.09. The third-order valence-electron chi connectivity index (χ3n) is 6.39. The molecule has 9 nitrogen and oxygen atoms in total. The molecule has 4 heterocycles. The molecule has 0 saturated carbocycles. The minimum Gasteiger partial charge on any atom is -0.355 e. The second kappa shape index (κ2) is 9.44. The number of carbonyl (C=O) groups is 1. The van der Waals surface area contributed by atoms with Gasteiger partial charge in [0.25, 0.3) is 0 Å². The molecule has 0 atom stereocenters. The SMILES string of the molecule is O=C(C1CCN(c2ccc(-n3cncn3)nn2)CC1)N1CCN(Cc2ccccc2)CC1. The van der Waals surface area contributed by atoms with Crippen molar-refractivity contribution in [2.75, 3.05) is 44.2 Å². The second-order valence-electron chi connectivity index (χ2n) is 8.44. The van der Waals surface area contributed by atoms with Crippen LogP contribution in [0.3, 0.4) is 0 Å². The molecule has 2 saturated heterocycles. The van der Waals surface area contributed by atoms with Gasteiger partial charge in [0.2, 0.25) is 5.91 Å². The highest BCUT2D eigenvalue weighted by Crippen LogP contribution is 2.24. The molecular weight excluding hydrogens is 404 g/mol. The largest absolute Gasteiger partial charge is 0.355 e. The van der Waals surface area contributed by atoms with Crippen molar-refractivity contribution in [2.45, 2.75) is 19.4 Å². The van der Waals surface area contributed by atoms with Crippen LogP contribution in [0.1, 0.15) is 18.4 Å². The molecule has 32 heavy (non-hydrogen) atoms. The van der Waals surface area contributed by atoms with E-state index in [2.05, 4.69) is 59.2 Å². The van der Waals surface area contributed by atoms with Gasteiger partial charge in [-0.25, -0.2) is 9.67 Å². The van der Waals surface area contributed by atoms with E-state index in [1.807, 2.05) is 18.2 Å². The monoisotopic (exact) mass is 432 g/mol. The van der Waals surface area contributed by atoms with Gasteiger partial charge in [-0.05, 0) is 30.5 Å². The Kier molecular flexibility index (Phi) is 6.06. The average molecular weight is 433 g/mol. The first-order valence-corrected chi connectivity index (χ1v) is 11.2. The molecule has 2 aromatic heterocycles. The smallest absolute Gasteiger partial charge is 0.225 e. The number of anilines is 1. The van der Waals surface area contributed by atoms with Crippen molar-refractivity contribution < 1.29 is 4.79 Å². The quantitative estimate of drug-likeness (QED) is 0.606. The molecule has 0 radical (unpaired) electrons. The normalized spacial score (nSPS) is 18.1. The van der Waals surface area contributed by atoms with Crippen LogP contribution in [0.5, 0.6) is 0 Å². The Morgan fingerprint density at radius 3 is 2.25 bits per heavy atom. The molecule has 1 amide bonds. The van der Waals surface area contributed by atoms with Crippen LogP contribution in [0.4, 0.5) is 5.82 Å². The maximum atomic E-state index is 13.1. The number of amides is 1. The number of carbonyl (C=O) groups excluding carboxylic acids is 1. The van der Waals surface area contributed by atoms with E-state index in [4.69, 9.17) is 0 Å². The van der Waals surface area contributed by atoms with Crippen molar-refractivity contribution >= 4 is 11.7 Å². The van der Waals surface area contributed by atoms with E-state index in [-0.39, 0.29) is 5.92 Å². The van der Waals surface area contributed by atoms with Crippen molar-refractivity contribution in [3.8, 4) is 5.82 Å². The lowest BCUT2D eigenvalue weighted by atomic mass is 9.95. The fourth-order valence-corrected chi connectivity index (χ4v) is 4.52. The minimum atomic E-state index is 0.106. The Morgan fingerprint density at radius 2 is 1.59 bits per heavy atom. The highest BCUT2D eigenvalue weighted by Gasteiger charge is 2.30. The molecule has 2 fully saturated rings. The van der Waals surface area contributed by atoms with Gasteiger partial charge in [0.15, 0.2) is 11.6 Å². The topological polar surface area (TPSA) is 83.3 Å². The van der Waals surface area contributed by atoms with E-state index in [0.717, 1.165) is 64.5 Å². The summed E-state index contributed by atoms with van der Waals surface area (Å²) in [6.07, 6.45) is 4.79. The predicted molar refractivity (Wildman–Crippen MR) is 120 cm³/mol. The zero-order chi connectivity index (χ0) is 21.8. The van der Waals surface area contributed by atoms with Gasteiger partial charge in [-0.2, -0.15) is 5.10 Å². The number of nitrogens with zero attached hydrogens (tertiary/aromatic N) is 8. The molecule has 2 aliphatic rings. The van der Waals surface area contributed by atoms with Crippen LogP contribution in [0, 0.1) is 5.92 Å². The number of piperazine rings is 1. The van der Waals surface area contributed by atoms with Crippen LogP contribution in [0.2, 0.25) is 0 Å². The van der Waals surface area contributed by atoms with E-state index in [0.29, 0.717) is 11.7 Å². The van der Waals surface area contributed by atoms with Crippen LogP contribution < -0.4 is 4.90 Å². The lowest BCUT2D eigenvalue weighted by molar-refractivity contribution is -0.138. The number of rotatable bonds is 5. The zero-order valence-electron chi connectivity index (χ0n) is 18.1. The van der Waals surface area contributed by atoms with E-state index in [9.17, 15) is 4.79 Å². The second-order valence-corrected chi connectivity index (χ2v) is 8.44. The molecule has 0 spiro atoms. The minimum absolute atomic E-state index is 0.106. The van der Waals surface area contributed by atoms with Crippen LogP contribution in [-0.4, -0.2) is 79.9 Å². The van der Waals surface area contributed by atoms with E-state index >= 15 is 0 Å². The summed E-state index contributed by atoms with van der Waals surface area (Å²) in [5.41, 5.74) is 1.33. The van der Waals surface area contributed by atoms with E-state index in [1.165, 1.54) is 11.9 Å². The van der Waals surface area contributed by atoms with Gasteiger partial charge in [0.1, 0.15) is 12.7 Å². The number of benzene rings is 1. The van der Waals surface area contributed by atoms with Gasteiger partial charge in [-0.3, -0.25) is 9.69 Å². The summed E-state index contributed by atoms with van der Waals surface area (Å²) in [4.78, 5) is 23.7. The third-order valence-corrected chi connectivity index (χ3v) is 6.39. The number of hydrogen-bond acceptors (Lipinski definition) is 7. The molecule has 166 valence electrons. The highest BCUT2D eigenvalue weighted by atomic mass is 16.2. The summed E-state index contributed by atoms with van der Waals surface area (Å²) in [7, 11) is 0. The molecule has 0 unspecified atom stereocenters. The van der Waals surface area contributed by atoms with Gasteiger partial charge in [0, 0.05) is 51.7 Å². The van der Waals surface area contributed by atoms with Gasteiger partial charge in [-0.15, -0.1) is 10.2 Å². The summed E-state index contributed by atoms with van der Waals surface area (Å²) in [5, 5.41) is 12.7. The fourth-order valence-electron chi connectivity index (χ4n) is 4.52. The molecule has 1 aromatic carbocycles. The van der Waals surface area contributed by atoms with Crippen molar-refractivity contribution in [2.24, 2.45) is 5.92 Å². The fraction of sp³-hybridized carbons (Fsp3) is 0.435. The van der Waals surface area contributed by atoms with Gasteiger partial charge < -0.3 is 9.80 Å². The lowest BCUT2D eigenvalue weighted by Crippen LogP contribution is -2.51. The number of hydrogen-bond donors (Lipinski definition) is 0. The maximum Gasteiger partial charge on any atom is 0.225 e. The van der Waals surface area contributed by atoms with Crippen LogP contribution >= 0.6 is 0 Å². The molecule has 3 aromatic rings.